The fraction of sp³-hybridized carbons (Fsp3) is 0. The zero-order chi connectivity index (χ0) is 20.0. The lowest BCUT2D eigenvalue weighted by atomic mass is 10.1. The fourth-order valence-electron chi connectivity index (χ4n) is 2.79. The molecule has 0 fully saturated rings. The highest BCUT2D eigenvalue weighted by Gasteiger charge is 2.21. The van der Waals surface area contributed by atoms with E-state index >= 15 is 0 Å². The molecule has 0 aliphatic heterocycles. The van der Waals surface area contributed by atoms with Crippen molar-refractivity contribution in [1.29, 1.82) is 0 Å². The third kappa shape index (κ3) is 5.74. The second-order valence-electron chi connectivity index (χ2n) is 5.84. The van der Waals surface area contributed by atoms with Crippen LogP contribution < -0.4 is 18.6 Å². The molecule has 4 rings (SSSR count). The average Bonchev–Trinajstić information content (AvgIpc) is 3.14. The van der Waals surface area contributed by atoms with Crippen molar-refractivity contribution in [3.8, 4) is 26.5 Å². The molecule has 6 heteroatoms. The van der Waals surface area contributed by atoms with Gasteiger partial charge in [-0.05, 0) is 29.8 Å². The fourth-order valence-corrected chi connectivity index (χ4v) is 4.86. The largest absolute Gasteiger partial charge is 0.222 e. The van der Waals surface area contributed by atoms with E-state index < -0.39 is 10.2 Å². The molecule has 1 unspecified atom stereocenters. The second-order valence-corrected chi connectivity index (χ2v) is 8.42. The predicted molar refractivity (Wildman–Crippen MR) is 101 cm³/mol. The second kappa shape index (κ2) is 9.12. The summed E-state index contributed by atoms with van der Waals surface area (Å²) < 4.78 is 34.0. The van der Waals surface area contributed by atoms with Crippen LogP contribution in [0.1, 0.15) is 0 Å². The van der Waals surface area contributed by atoms with Gasteiger partial charge < -0.3 is 0 Å². The van der Waals surface area contributed by atoms with Gasteiger partial charge in [0.25, 0.3) is 0 Å². The summed E-state index contributed by atoms with van der Waals surface area (Å²) in [4.78, 5) is 2.77. The van der Waals surface area contributed by atoms with Crippen LogP contribution >= 0.6 is 10.5 Å². The zero-order valence-corrected chi connectivity index (χ0v) is 16.3. The van der Waals surface area contributed by atoms with E-state index in [0.29, 0.717) is 0 Å². The smallest absolute Gasteiger partial charge is 0.187 e. The first kappa shape index (κ1) is 20.2. The van der Waals surface area contributed by atoms with E-state index in [4.69, 9.17) is 18.6 Å². The molecular formula is C22H17ClO4S. The van der Waals surface area contributed by atoms with E-state index in [1.165, 1.54) is 26.5 Å². The van der Waals surface area contributed by atoms with Crippen molar-refractivity contribution in [2.45, 2.75) is 0 Å². The van der Waals surface area contributed by atoms with Gasteiger partial charge in [-0.1, -0.05) is 66.7 Å². The van der Waals surface area contributed by atoms with E-state index in [0.717, 1.165) is 0 Å². The summed E-state index contributed by atoms with van der Waals surface area (Å²) in [5.74, 6) is 0. The van der Waals surface area contributed by atoms with Gasteiger partial charge >= 0.3 is 0 Å². The van der Waals surface area contributed by atoms with Gasteiger partial charge in [-0.25, -0.2) is 18.6 Å². The van der Waals surface area contributed by atoms with Crippen LogP contribution in [0.15, 0.2) is 102 Å². The normalized spacial score (nSPS) is 11.5. The maximum Gasteiger partial charge on any atom is 0.187 e. The summed E-state index contributed by atoms with van der Waals surface area (Å²) in [6, 6.07) is 34.5. The first-order chi connectivity index (χ1) is 13.4. The molecule has 1 atom stereocenters. The summed E-state index contributed by atoms with van der Waals surface area (Å²) in [6.07, 6.45) is 0. The van der Waals surface area contributed by atoms with Crippen LogP contribution in [0.2, 0.25) is 0 Å². The summed E-state index contributed by atoms with van der Waals surface area (Å²) in [5, 5.41) is 2.41. The molecule has 0 spiro atoms. The van der Waals surface area contributed by atoms with E-state index in [-0.39, 0.29) is 10.5 Å². The van der Waals surface area contributed by atoms with E-state index in [1.807, 2.05) is 0 Å². The average molecular weight is 413 g/mol. The minimum Gasteiger partial charge on any atom is -0.222 e. The van der Waals surface area contributed by atoms with Gasteiger partial charge in [0.1, 0.15) is 0 Å². The Morgan fingerprint density at radius 1 is 0.536 bits per heavy atom. The number of thiophene rings is 1. The molecule has 1 heterocycles. The lowest BCUT2D eigenvalue weighted by Gasteiger charge is -2.17. The molecule has 0 saturated heterocycles. The molecule has 0 bridgehead atoms. The highest BCUT2D eigenvalue weighted by Crippen LogP contribution is 2.45. The first-order valence-corrected chi connectivity index (χ1v) is 10.9. The molecule has 142 valence electrons. The summed E-state index contributed by atoms with van der Waals surface area (Å²) in [6.45, 7) is 0. The highest BCUT2D eigenvalue weighted by atomic mass is 35.7. The minimum absolute atomic E-state index is 0.0109. The summed E-state index contributed by atoms with van der Waals surface area (Å²) in [7, 11) is -4.96. The maximum atomic E-state index is 8.49. The molecule has 0 saturated carbocycles. The molecule has 3 aromatic carbocycles. The Balaban J connectivity index is 0.000000403. The van der Waals surface area contributed by atoms with Gasteiger partial charge in [-0.15, -0.1) is 10.2 Å². The van der Waals surface area contributed by atoms with Crippen molar-refractivity contribution in [1.82, 2.24) is 0 Å². The Hall–Kier alpha value is -2.51. The lowest BCUT2D eigenvalue weighted by Crippen LogP contribution is -2.68. The third-order valence-corrected chi connectivity index (χ3v) is 6.03. The Morgan fingerprint density at radius 2 is 0.964 bits per heavy atom. The minimum atomic E-state index is -4.94. The van der Waals surface area contributed by atoms with Crippen molar-refractivity contribution < 1.29 is 28.9 Å². The molecule has 0 radical (unpaired) electrons. The number of hydrogen-bond acceptors (Lipinski definition) is 4. The Labute approximate surface area is 168 Å². The van der Waals surface area contributed by atoms with Crippen LogP contribution in [0.4, 0.5) is 0 Å². The van der Waals surface area contributed by atoms with Gasteiger partial charge in [0.05, 0.1) is 0 Å². The van der Waals surface area contributed by atoms with Crippen LogP contribution in [0.25, 0.3) is 26.5 Å². The zero-order valence-electron chi connectivity index (χ0n) is 14.7. The van der Waals surface area contributed by atoms with Gasteiger partial charge in [0.15, 0.2) is 15.2 Å². The van der Waals surface area contributed by atoms with Crippen molar-refractivity contribution >= 4 is 10.5 Å². The van der Waals surface area contributed by atoms with Gasteiger partial charge in [-0.3, -0.25) is 0 Å². The van der Waals surface area contributed by atoms with Gasteiger partial charge in [0.2, 0.25) is 0 Å². The standard InChI is InChI=1S/C22H17S.ClHO4/c1-4-10-18(11-5-1)20-16-22(19-12-6-2-7-13-19)23(17-20)21-14-8-3-9-15-21;2-1(3,4)5/h1-17H;(H,2,3,4,5)/q+1;/p-1. The predicted octanol–water partition coefficient (Wildman–Crippen LogP) is 2.00. The third-order valence-electron chi connectivity index (χ3n) is 3.93. The van der Waals surface area contributed by atoms with E-state index in [1.54, 1.807) is 0 Å². The monoisotopic (exact) mass is 412 g/mol. The van der Waals surface area contributed by atoms with Crippen LogP contribution in [0.5, 0.6) is 0 Å². The van der Waals surface area contributed by atoms with Gasteiger partial charge in [0, 0.05) is 27.7 Å². The quantitative estimate of drug-likeness (QED) is 0.481. The Bertz CT molecular complexity index is 934. The summed E-state index contributed by atoms with van der Waals surface area (Å²) >= 11 is 0. The Kier molecular flexibility index (Phi) is 6.59. The number of benzene rings is 3. The van der Waals surface area contributed by atoms with Crippen molar-refractivity contribution in [2.24, 2.45) is 0 Å². The molecule has 0 amide bonds. The lowest BCUT2D eigenvalue weighted by molar-refractivity contribution is -2.00. The van der Waals surface area contributed by atoms with Crippen LogP contribution in [-0.2, 0) is 0 Å². The molecule has 1 aromatic heterocycles. The molecule has 4 nitrogen and oxygen atoms in total. The molecule has 0 N–H and O–H groups in total. The Morgan fingerprint density at radius 3 is 1.46 bits per heavy atom. The topological polar surface area (TPSA) is 92.2 Å². The number of hydrogen-bond donors (Lipinski definition) is 0. The molecule has 0 aliphatic carbocycles. The van der Waals surface area contributed by atoms with Gasteiger partial charge in [-0.2, -0.15) is 0 Å². The highest BCUT2D eigenvalue weighted by molar-refractivity contribution is 7.41. The van der Waals surface area contributed by atoms with Crippen LogP contribution in [0, 0.1) is 10.2 Å². The number of halogens is 1. The van der Waals surface area contributed by atoms with Crippen molar-refractivity contribution in [3.05, 3.63) is 102 Å². The van der Waals surface area contributed by atoms with Crippen LogP contribution in [0.3, 0.4) is 0 Å². The summed E-state index contributed by atoms with van der Waals surface area (Å²) in [5.41, 5.74) is 3.91. The molecule has 0 aliphatic rings. The van der Waals surface area contributed by atoms with Crippen LogP contribution in [-0.4, -0.2) is 0 Å². The van der Waals surface area contributed by atoms with Crippen molar-refractivity contribution in [3.63, 3.8) is 0 Å². The number of rotatable bonds is 3. The molecule has 4 aromatic rings. The first-order valence-electron chi connectivity index (χ1n) is 8.36. The van der Waals surface area contributed by atoms with E-state index in [9.17, 15) is 0 Å². The maximum absolute atomic E-state index is 8.49. The SMILES string of the molecule is [O-][Cl+3]([O-])([O-])[O-].c1ccc(-c2cc(-c3ccccc3)[s+](-c3ccccc3)c2)cc1. The molecular weight excluding hydrogens is 396 g/mol. The van der Waals surface area contributed by atoms with E-state index in [2.05, 4.69) is 102 Å². The molecule has 28 heavy (non-hydrogen) atoms. The van der Waals surface area contributed by atoms with Crippen molar-refractivity contribution in [2.75, 3.05) is 0 Å².